The highest BCUT2D eigenvalue weighted by Gasteiger charge is 2.17. The first-order valence-electron chi connectivity index (χ1n) is 7.10. The van der Waals surface area contributed by atoms with Crippen molar-refractivity contribution in [3.8, 4) is 11.4 Å². The Labute approximate surface area is 146 Å². The van der Waals surface area contributed by atoms with Crippen molar-refractivity contribution in [1.29, 1.82) is 0 Å². The molecule has 1 N–H and O–H groups in total. The maximum Gasteiger partial charge on any atom is 0.294 e. The number of carbonyl (C=O) groups excluding carboxylic acids is 1. The van der Waals surface area contributed by atoms with Crippen LogP contribution in [-0.4, -0.2) is 31.0 Å². The van der Waals surface area contributed by atoms with Crippen molar-refractivity contribution in [2.45, 2.75) is 6.54 Å². The van der Waals surface area contributed by atoms with E-state index in [-0.39, 0.29) is 22.9 Å². The zero-order valence-corrected chi connectivity index (χ0v) is 13.4. The van der Waals surface area contributed by atoms with E-state index in [1.54, 1.807) is 0 Å². The number of nitro groups is 1. The van der Waals surface area contributed by atoms with E-state index < -0.39 is 10.8 Å². The molecule has 0 bridgehead atoms. The standard InChI is InChI=1S/C15H11ClN6O3/c16-11-6-7-12(13(8-11)22(24)25)17-14(23)9-21-19-15(18-20-21)10-4-2-1-3-5-10/h1-8H,9H2,(H,17,23). The summed E-state index contributed by atoms with van der Waals surface area (Å²) >= 11 is 5.74. The molecular formula is C15H11ClN6O3. The second-order valence-electron chi connectivity index (χ2n) is 4.98. The molecule has 10 heteroatoms. The van der Waals surface area contributed by atoms with Crippen molar-refractivity contribution in [3.05, 3.63) is 63.7 Å². The molecule has 126 valence electrons. The van der Waals surface area contributed by atoms with E-state index in [0.29, 0.717) is 5.82 Å². The Morgan fingerprint density at radius 1 is 1.24 bits per heavy atom. The SMILES string of the molecule is O=C(Cn1nnc(-c2ccccc2)n1)Nc1ccc(Cl)cc1[N+](=O)[O-]. The largest absolute Gasteiger partial charge is 0.319 e. The minimum absolute atomic E-state index is 0.0443. The van der Waals surface area contributed by atoms with Gasteiger partial charge >= 0.3 is 0 Å². The molecule has 1 amide bonds. The molecule has 3 rings (SSSR count). The average molecular weight is 359 g/mol. The van der Waals surface area contributed by atoms with E-state index in [1.165, 1.54) is 18.2 Å². The van der Waals surface area contributed by atoms with Crippen molar-refractivity contribution in [1.82, 2.24) is 20.2 Å². The smallest absolute Gasteiger partial charge is 0.294 e. The second-order valence-corrected chi connectivity index (χ2v) is 5.41. The number of hydrogen-bond donors (Lipinski definition) is 1. The van der Waals surface area contributed by atoms with E-state index in [2.05, 4.69) is 20.7 Å². The molecule has 1 heterocycles. The molecule has 9 nitrogen and oxygen atoms in total. The van der Waals surface area contributed by atoms with Gasteiger partial charge in [0.15, 0.2) is 0 Å². The molecule has 2 aromatic carbocycles. The third-order valence-corrected chi connectivity index (χ3v) is 3.44. The lowest BCUT2D eigenvalue weighted by Crippen LogP contribution is -2.21. The molecule has 25 heavy (non-hydrogen) atoms. The molecule has 0 aliphatic rings. The molecule has 0 aliphatic heterocycles. The first-order valence-corrected chi connectivity index (χ1v) is 7.48. The summed E-state index contributed by atoms with van der Waals surface area (Å²) in [5.41, 5.74) is 0.516. The Morgan fingerprint density at radius 3 is 2.72 bits per heavy atom. The maximum atomic E-state index is 12.1. The Bertz CT molecular complexity index is 928. The summed E-state index contributed by atoms with van der Waals surface area (Å²) in [6, 6.07) is 13.1. The van der Waals surface area contributed by atoms with Crippen LogP contribution in [0, 0.1) is 10.1 Å². The van der Waals surface area contributed by atoms with Crippen LogP contribution in [-0.2, 0) is 11.3 Å². The minimum Gasteiger partial charge on any atom is -0.319 e. The maximum absolute atomic E-state index is 12.1. The normalized spacial score (nSPS) is 10.4. The van der Waals surface area contributed by atoms with Crippen LogP contribution in [0.2, 0.25) is 5.02 Å². The predicted molar refractivity (Wildman–Crippen MR) is 90.0 cm³/mol. The minimum atomic E-state index is -0.622. The predicted octanol–water partition coefficient (Wildman–Crippen LogP) is 2.54. The number of hydrogen-bond acceptors (Lipinski definition) is 6. The fourth-order valence-electron chi connectivity index (χ4n) is 2.09. The number of nitro benzene ring substituents is 1. The van der Waals surface area contributed by atoms with Gasteiger partial charge in [-0.2, -0.15) is 4.80 Å². The number of nitrogens with one attached hydrogen (secondary N) is 1. The van der Waals surface area contributed by atoms with Crippen LogP contribution >= 0.6 is 11.6 Å². The van der Waals surface area contributed by atoms with Gasteiger partial charge in [0.05, 0.1) is 4.92 Å². The zero-order chi connectivity index (χ0) is 17.8. The lowest BCUT2D eigenvalue weighted by Gasteiger charge is -2.05. The van der Waals surface area contributed by atoms with Gasteiger partial charge in [0.25, 0.3) is 5.69 Å². The molecule has 0 aliphatic carbocycles. The van der Waals surface area contributed by atoms with Crippen molar-refractivity contribution in [3.63, 3.8) is 0 Å². The van der Waals surface area contributed by atoms with Gasteiger partial charge < -0.3 is 5.32 Å². The van der Waals surface area contributed by atoms with Crippen molar-refractivity contribution >= 4 is 28.9 Å². The molecule has 1 aromatic heterocycles. The Morgan fingerprint density at radius 2 is 2.00 bits per heavy atom. The van der Waals surface area contributed by atoms with Crippen molar-refractivity contribution in [2.75, 3.05) is 5.32 Å². The van der Waals surface area contributed by atoms with Crippen LogP contribution in [0.3, 0.4) is 0 Å². The number of amides is 1. The van der Waals surface area contributed by atoms with Crippen LogP contribution in [0.4, 0.5) is 11.4 Å². The highest BCUT2D eigenvalue weighted by atomic mass is 35.5. The van der Waals surface area contributed by atoms with Crippen LogP contribution in [0.1, 0.15) is 0 Å². The summed E-state index contributed by atoms with van der Waals surface area (Å²) < 4.78 is 0. The Balaban J connectivity index is 1.72. The molecule has 3 aromatic rings. The number of aromatic nitrogens is 4. The van der Waals surface area contributed by atoms with Gasteiger partial charge in [-0.25, -0.2) is 0 Å². The third kappa shape index (κ3) is 3.96. The highest BCUT2D eigenvalue weighted by molar-refractivity contribution is 6.31. The quantitative estimate of drug-likeness (QED) is 0.553. The van der Waals surface area contributed by atoms with Crippen LogP contribution in [0.25, 0.3) is 11.4 Å². The fourth-order valence-corrected chi connectivity index (χ4v) is 2.26. The number of benzene rings is 2. The molecule has 0 saturated heterocycles. The van der Waals surface area contributed by atoms with Gasteiger partial charge in [0.1, 0.15) is 12.2 Å². The molecular weight excluding hydrogens is 348 g/mol. The van der Waals surface area contributed by atoms with Gasteiger partial charge in [-0.05, 0) is 17.3 Å². The van der Waals surface area contributed by atoms with Gasteiger partial charge in [0.2, 0.25) is 11.7 Å². The van der Waals surface area contributed by atoms with Crippen LogP contribution < -0.4 is 5.32 Å². The van der Waals surface area contributed by atoms with Crippen molar-refractivity contribution in [2.24, 2.45) is 0 Å². The number of carbonyl (C=O) groups is 1. The topological polar surface area (TPSA) is 116 Å². The van der Waals surface area contributed by atoms with Crippen molar-refractivity contribution < 1.29 is 9.72 Å². The van der Waals surface area contributed by atoms with E-state index in [0.717, 1.165) is 10.4 Å². The zero-order valence-electron chi connectivity index (χ0n) is 12.7. The number of tetrazole rings is 1. The summed E-state index contributed by atoms with van der Waals surface area (Å²) in [6.45, 7) is -0.236. The van der Waals surface area contributed by atoms with Gasteiger partial charge in [0, 0.05) is 16.7 Å². The highest BCUT2D eigenvalue weighted by Crippen LogP contribution is 2.27. The molecule has 0 unspecified atom stereocenters. The molecule has 0 radical (unpaired) electrons. The number of nitrogens with zero attached hydrogens (tertiary/aromatic N) is 5. The number of rotatable bonds is 5. The van der Waals surface area contributed by atoms with Gasteiger partial charge in [-0.15, -0.1) is 10.2 Å². The van der Waals surface area contributed by atoms with E-state index >= 15 is 0 Å². The molecule has 0 fully saturated rings. The first-order chi connectivity index (χ1) is 12.0. The summed E-state index contributed by atoms with van der Waals surface area (Å²) in [5, 5.41) is 25.5. The summed E-state index contributed by atoms with van der Waals surface area (Å²) in [4.78, 5) is 23.6. The Kier molecular flexibility index (Phi) is 4.66. The van der Waals surface area contributed by atoms with Gasteiger partial charge in [-0.3, -0.25) is 14.9 Å². The molecule has 0 spiro atoms. The lowest BCUT2D eigenvalue weighted by atomic mass is 10.2. The number of halogens is 1. The molecule has 0 saturated carbocycles. The van der Waals surface area contributed by atoms with Gasteiger partial charge in [-0.1, -0.05) is 41.9 Å². The Hall–Kier alpha value is -3.33. The molecule has 0 atom stereocenters. The van der Waals surface area contributed by atoms with E-state index in [1.807, 2.05) is 30.3 Å². The van der Waals surface area contributed by atoms with Crippen LogP contribution in [0.5, 0.6) is 0 Å². The van der Waals surface area contributed by atoms with E-state index in [4.69, 9.17) is 11.6 Å². The fraction of sp³-hybridized carbons (Fsp3) is 0.0667. The summed E-state index contributed by atoms with van der Waals surface area (Å²) in [7, 11) is 0. The lowest BCUT2D eigenvalue weighted by molar-refractivity contribution is -0.383. The number of anilines is 1. The second kappa shape index (κ2) is 7.05. The first kappa shape index (κ1) is 16.5. The average Bonchev–Trinajstić information content (AvgIpc) is 3.05. The summed E-state index contributed by atoms with van der Waals surface area (Å²) in [6.07, 6.45) is 0. The van der Waals surface area contributed by atoms with Crippen LogP contribution in [0.15, 0.2) is 48.5 Å². The summed E-state index contributed by atoms with van der Waals surface area (Å²) in [5.74, 6) is -0.145. The third-order valence-electron chi connectivity index (χ3n) is 3.20. The monoisotopic (exact) mass is 358 g/mol. The van der Waals surface area contributed by atoms with E-state index in [9.17, 15) is 14.9 Å².